The zero-order chi connectivity index (χ0) is 4.57. The van der Waals surface area contributed by atoms with Crippen LogP contribution in [0.25, 0.3) is 0 Å². The molecule has 1 saturated heterocycles. The van der Waals surface area contributed by atoms with Gasteiger partial charge in [0.05, 0.1) is 0 Å². The molecule has 0 saturated carbocycles. The summed E-state index contributed by atoms with van der Waals surface area (Å²) in [6.45, 7) is 4.54. The predicted octanol–water partition coefficient (Wildman–Crippen LogP) is 1.90. The second-order valence-electron chi connectivity index (χ2n) is 1.79. The highest BCUT2D eigenvalue weighted by atomic mass is 32.2. The molecule has 36 valence electrons. The fraction of sp³-hybridized carbons (Fsp3) is 1.00. The lowest BCUT2D eigenvalue weighted by molar-refractivity contribution is 0.894. The summed E-state index contributed by atoms with van der Waals surface area (Å²) in [5.74, 6) is 0. The van der Waals surface area contributed by atoms with Crippen LogP contribution >= 0.6 is 11.8 Å². The Labute approximate surface area is 43.3 Å². The standard InChI is InChI=1S/C5H10S/c1-3-5-4(2)6-5/h4-5H,3H2,1-2H3/t4-,5-/m1/s1. The van der Waals surface area contributed by atoms with E-state index in [0.717, 1.165) is 10.5 Å². The van der Waals surface area contributed by atoms with Crippen molar-refractivity contribution in [2.45, 2.75) is 30.8 Å². The molecule has 0 aromatic carbocycles. The van der Waals surface area contributed by atoms with E-state index in [0.29, 0.717) is 0 Å². The van der Waals surface area contributed by atoms with Gasteiger partial charge < -0.3 is 0 Å². The van der Waals surface area contributed by atoms with Gasteiger partial charge in [0.25, 0.3) is 0 Å². The maximum Gasteiger partial charge on any atom is 0.0164 e. The van der Waals surface area contributed by atoms with Crippen LogP contribution in [0.4, 0.5) is 0 Å². The van der Waals surface area contributed by atoms with Crippen LogP contribution in [0.2, 0.25) is 0 Å². The topological polar surface area (TPSA) is 0 Å². The number of rotatable bonds is 1. The average molecular weight is 102 g/mol. The van der Waals surface area contributed by atoms with Crippen LogP contribution < -0.4 is 0 Å². The fourth-order valence-electron chi connectivity index (χ4n) is 0.659. The SMILES string of the molecule is CC[C@H]1S[C@@H]1C. The van der Waals surface area contributed by atoms with Crippen molar-refractivity contribution in [2.24, 2.45) is 0 Å². The molecule has 0 aromatic rings. The van der Waals surface area contributed by atoms with Crippen molar-refractivity contribution < 1.29 is 0 Å². The van der Waals surface area contributed by atoms with E-state index in [-0.39, 0.29) is 0 Å². The summed E-state index contributed by atoms with van der Waals surface area (Å²) >= 11 is 2.09. The molecule has 0 bridgehead atoms. The molecule has 0 aromatic heterocycles. The highest BCUT2D eigenvalue weighted by Gasteiger charge is 2.30. The Morgan fingerprint density at radius 3 is 2.17 bits per heavy atom. The van der Waals surface area contributed by atoms with Crippen molar-refractivity contribution in [3.8, 4) is 0 Å². The summed E-state index contributed by atoms with van der Waals surface area (Å²) in [7, 11) is 0. The first-order valence-corrected chi connectivity index (χ1v) is 3.44. The second kappa shape index (κ2) is 1.45. The summed E-state index contributed by atoms with van der Waals surface area (Å²) in [5.41, 5.74) is 0. The van der Waals surface area contributed by atoms with E-state index in [9.17, 15) is 0 Å². The molecule has 1 aliphatic rings. The molecular weight excluding hydrogens is 92.1 g/mol. The van der Waals surface area contributed by atoms with Gasteiger partial charge >= 0.3 is 0 Å². The minimum absolute atomic E-state index is 0.981. The van der Waals surface area contributed by atoms with E-state index < -0.39 is 0 Å². The van der Waals surface area contributed by atoms with Crippen molar-refractivity contribution in [3.05, 3.63) is 0 Å². The molecule has 1 heterocycles. The van der Waals surface area contributed by atoms with Crippen molar-refractivity contribution in [3.63, 3.8) is 0 Å². The van der Waals surface area contributed by atoms with Crippen LogP contribution in [0.3, 0.4) is 0 Å². The Bertz CT molecular complexity index is 49.9. The minimum Gasteiger partial charge on any atom is -0.153 e. The van der Waals surface area contributed by atoms with E-state index in [1.54, 1.807) is 0 Å². The van der Waals surface area contributed by atoms with Crippen molar-refractivity contribution in [1.29, 1.82) is 0 Å². The summed E-state index contributed by atoms with van der Waals surface area (Å²) in [5, 5.41) is 2.00. The lowest BCUT2D eigenvalue weighted by Crippen LogP contribution is -1.81. The highest BCUT2D eigenvalue weighted by molar-refractivity contribution is 8.07. The lowest BCUT2D eigenvalue weighted by Gasteiger charge is -1.75. The normalized spacial score (nSPS) is 43.0. The fourth-order valence-corrected chi connectivity index (χ4v) is 1.50. The monoisotopic (exact) mass is 102 g/mol. The quantitative estimate of drug-likeness (QED) is 0.456. The average Bonchev–Trinajstić information content (AvgIpc) is 2.19. The Morgan fingerprint density at radius 1 is 1.67 bits per heavy atom. The van der Waals surface area contributed by atoms with Crippen LogP contribution in [0.5, 0.6) is 0 Å². The van der Waals surface area contributed by atoms with E-state index in [1.165, 1.54) is 6.42 Å². The third-order valence-corrected chi connectivity index (χ3v) is 2.77. The zero-order valence-electron chi connectivity index (χ0n) is 4.27. The summed E-state index contributed by atoms with van der Waals surface area (Å²) in [4.78, 5) is 0. The number of thioether (sulfide) groups is 1. The van der Waals surface area contributed by atoms with Gasteiger partial charge in [-0.2, -0.15) is 11.8 Å². The Morgan fingerprint density at radius 2 is 2.17 bits per heavy atom. The van der Waals surface area contributed by atoms with E-state index in [4.69, 9.17) is 0 Å². The molecule has 0 amide bonds. The molecule has 0 unspecified atom stereocenters. The maximum absolute atomic E-state index is 2.29. The van der Waals surface area contributed by atoms with Crippen LogP contribution in [0.1, 0.15) is 20.3 Å². The Hall–Kier alpha value is 0.350. The van der Waals surface area contributed by atoms with Crippen LogP contribution in [0.15, 0.2) is 0 Å². The first-order valence-electron chi connectivity index (χ1n) is 2.50. The molecule has 1 heteroatoms. The molecule has 0 radical (unpaired) electrons. The maximum atomic E-state index is 2.29. The lowest BCUT2D eigenvalue weighted by atomic mass is 10.3. The van der Waals surface area contributed by atoms with Crippen LogP contribution in [-0.2, 0) is 0 Å². The number of hydrogen-bond acceptors (Lipinski definition) is 1. The molecule has 6 heavy (non-hydrogen) atoms. The number of hydrogen-bond donors (Lipinski definition) is 0. The van der Waals surface area contributed by atoms with E-state index >= 15 is 0 Å². The van der Waals surface area contributed by atoms with Gasteiger partial charge in [-0.15, -0.1) is 0 Å². The summed E-state index contributed by atoms with van der Waals surface area (Å²) in [6, 6.07) is 0. The van der Waals surface area contributed by atoms with Gasteiger partial charge in [0, 0.05) is 10.5 Å². The molecule has 0 spiro atoms. The van der Waals surface area contributed by atoms with Gasteiger partial charge in [-0.25, -0.2) is 0 Å². The largest absolute Gasteiger partial charge is 0.153 e. The first kappa shape index (κ1) is 4.51. The minimum atomic E-state index is 0.981. The molecule has 0 N–H and O–H groups in total. The van der Waals surface area contributed by atoms with Gasteiger partial charge in [-0.05, 0) is 6.42 Å². The molecular formula is C5H10S. The molecule has 2 atom stereocenters. The van der Waals surface area contributed by atoms with Gasteiger partial charge in [0.1, 0.15) is 0 Å². The van der Waals surface area contributed by atoms with Crippen molar-refractivity contribution >= 4 is 11.8 Å². The molecule has 1 aliphatic heterocycles. The van der Waals surface area contributed by atoms with Crippen LogP contribution in [-0.4, -0.2) is 10.5 Å². The third-order valence-electron chi connectivity index (χ3n) is 1.24. The predicted molar refractivity (Wildman–Crippen MR) is 31.1 cm³/mol. The van der Waals surface area contributed by atoms with Crippen LogP contribution in [0, 0.1) is 0 Å². The summed E-state index contributed by atoms with van der Waals surface area (Å²) in [6.07, 6.45) is 1.37. The van der Waals surface area contributed by atoms with Crippen molar-refractivity contribution in [2.75, 3.05) is 0 Å². The van der Waals surface area contributed by atoms with Gasteiger partial charge in [-0.1, -0.05) is 13.8 Å². The zero-order valence-corrected chi connectivity index (χ0v) is 5.09. The summed E-state index contributed by atoms with van der Waals surface area (Å²) < 4.78 is 0. The van der Waals surface area contributed by atoms with Gasteiger partial charge in [0.2, 0.25) is 0 Å². The highest BCUT2D eigenvalue weighted by Crippen LogP contribution is 2.42. The van der Waals surface area contributed by atoms with Gasteiger partial charge in [0.15, 0.2) is 0 Å². The Balaban J connectivity index is 2.09. The van der Waals surface area contributed by atoms with Crippen molar-refractivity contribution in [1.82, 2.24) is 0 Å². The second-order valence-corrected chi connectivity index (χ2v) is 3.41. The smallest absolute Gasteiger partial charge is 0.0164 e. The van der Waals surface area contributed by atoms with Gasteiger partial charge in [-0.3, -0.25) is 0 Å². The molecule has 0 aliphatic carbocycles. The molecule has 1 fully saturated rings. The van der Waals surface area contributed by atoms with E-state index in [2.05, 4.69) is 25.6 Å². The molecule has 1 rings (SSSR count). The molecule has 0 nitrogen and oxygen atoms in total. The van der Waals surface area contributed by atoms with E-state index in [1.807, 2.05) is 0 Å². The Kier molecular flexibility index (Phi) is 1.09. The third kappa shape index (κ3) is 0.700. The first-order chi connectivity index (χ1) is 2.84.